The number of aryl methyl sites for hydroxylation is 1. The fraction of sp³-hybridized carbons (Fsp3) is 0.692. The monoisotopic (exact) mass is 253 g/mol. The molecule has 0 bridgehead atoms. The number of rotatable bonds is 4. The Kier molecular flexibility index (Phi) is 3.25. The molecular weight excluding hydrogens is 234 g/mol. The van der Waals surface area contributed by atoms with E-state index in [0.717, 1.165) is 30.0 Å². The van der Waals surface area contributed by atoms with Gasteiger partial charge in [-0.25, -0.2) is 4.98 Å². The molecule has 2 rings (SSSR count). The standard InChI is InChI=1S/C13H19NO2S/c1-8(2)7-10-9(3)17-11(14-10)13(5-6-13)12(15)16-4/h8H,5-7H2,1-4H3. The van der Waals surface area contributed by atoms with Gasteiger partial charge in [0.05, 0.1) is 12.8 Å². The second-order valence-electron chi connectivity index (χ2n) is 5.19. The van der Waals surface area contributed by atoms with Crippen molar-refractivity contribution in [2.45, 2.75) is 45.4 Å². The van der Waals surface area contributed by atoms with Crippen LogP contribution in [-0.4, -0.2) is 18.1 Å². The summed E-state index contributed by atoms with van der Waals surface area (Å²) in [6.45, 7) is 6.46. The average Bonchev–Trinajstić information content (AvgIpc) is 3.00. The first-order valence-electron chi connectivity index (χ1n) is 6.05. The summed E-state index contributed by atoms with van der Waals surface area (Å²) in [5, 5.41) is 0.956. The minimum Gasteiger partial charge on any atom is -0.468 e. The van der Waals surface area contributed by atoms with E-state index in [-0.39, 0.29) is 5.97 Å². The van der Waals surface area contributed by atoms with Crippen LogP contribution in [-0.2, 0) is 21.4 Å². The number of hydrogen-bond donors (Lipinski definition) is 0. The lowest BCUT2D eigenvalue weighted by molar-refractivity contribution is -0.143. The summed E-state index contributed by atoms with van der Waals surface area (Å²) in [5.74, 6) is 0.472. The van der Waals surface area contributed by atoms with Gasteiger partial charge in [0.15, 0.2) is 0 Å². The number of hydrogen-bond acceptors (Lipinski definition) is 4. The van der Waals surface area contributed by atoms with Crippen LogP contribution < -0.4 is 0 Å². The van der Waals surface area contributed by atoms with E-state index in [2.05, 4.69) is 25.8 Å². The molecular formula is C13H19NO2S. The summed E-state index contributed by atoms with van der Waals surface area (Å²) in [4.78, 5) is 17.7. The van der Waals surface area contributed by atoms with Crippen LogP contribution >= 0.6 is 11.3 Å². The number of esters is 1. The Morgan fingerprint density at radius 1 is 1.53 bits per heavy atom. The molecule has 0 aliphatic heterocycles. The number of aromatic nitrogens is 1. The fourth-order valence-corrected chi connectivity index (χ4v) is 3.21. The maximum atomic E-state index is 11.8. The lowest BCUT2D eigenvalue weighted by Crippen LogP contribution is -2.21. The zero-order valence-corrected chi connectivity index (χ0v) is 11.7. The number of thiazole rings is 1. The van der Waals surface area contributed by atoms with E-state index < -0.39 is 5.41 Å². The Balaban J connectivity index is 2.26. The van der Waals surface area contributed by atoms with Crippen LogP contribution in [0.1, 0.15) is 42.3 Å². The molecule has 0 saturated heterocycles. The minimum atomic E-state index is -0.403. The number of methoxy groups -OCH3 is 1. The van der Waals surface area contributed by atoms with Crippen LogP contribution in [0.25, 0.3) is 0 Å². The lowest BCUT2D eigenvalue weighted by atomic mass is 10.1. The van der Waals surface area contributed by atoms with Crippen LogP contribution in [0.2, 0.25) is 0 Å². The molecule has 3 nitrogen and oxygen atoms in total. The maximum Gasteiger partial charge on any atom is 0.318 e. The molecule has 0 aromatic carbocycles. The highest BCUT2D eigenvalue weighted by Gasteiger charge is 2.55. The first-order chi connectivity index (χ1) is 7.99. The zero-order valence-electron chi connectivity index (χ0n) is 10.9. The fourth-order valence-electron chi connectivity index (χ4n) is 2.03. The van der Waals surface area contributed by atoms with Crippen molar-refractivity contribution in [1.82, 2.24) is 4.98 Å². The van der Waals surface area contributed by atoms with E-state index in [1.807, 2.05) is 0 Å². The summed E-state index contributed by atoms with van der Waals surface area (Å²) < 4.78 is 4.89. The van der Waals surface area contributed by atoms with Gasteiger partial charge in [0, 0.05) is 4.88 Å². The largest absolute Gasteiger partial charge is 0.468 e. The average molecular weight is 253 g/mol. The highest BCUT2D eigenvalue weighted by atomic mass is 32.1. The van der Waals surface area contributed by atoms with Crippen LogP contribution in [0.5, 0.6) is 0 Å². The van der Waals surface area contributed by atoms with E-state index in [1.54, 1.807) is 11.3 Å². The number of carbonyl (C=O) groups excluding carboxylic acids is 1. The van der Waals surface area contributed by atoms with E-state index in [0.29, 0.717) is 5.92 Å². The molecule has 1 aromatic rings. The molecule has 1 aromatic heterocycles. The molecule has 0 spiro atoms. The van der Waals surface area contributed by atoms with Gasteiger partial charge in [0.25, 0.3) is 0 Å². The van der Waals surface area contributed by atoms with E-state index in [9.17, 15) is 4.79 Å². The molecule has 4 heteroatoms. The highest BCUT2D eigenvalue weighted by Crippen LogP contribution is 2.50. The quantitative estimate of drug-likeness (QED) is 0.775. The Morgan fingerprint density at radius 3 is 2.65 bits per heavy atom. The van der Waals surface area contributed by atoms with Crippen molar-refractivity contribution < 1.29 is 9.53 Å². The van der Waals surface area contributed by atoms with Crippen molar-refractivity contribution in [2.75, 3.05) is 7.11 Å². The van der Waals surface area contributed by atoms with Crippen LogP contribution in [0.3, 0.4) is 0 Å². The van der Waals surface area contributed by atoms with Gasteiger partial charge < -0.3 is 4.74 Å². The molecule has 0 atom stereocenters. The summed E-state index contributed by atoms with van der Waals surface area (Å²) in [7, 11) is 1.46. The Morgan fingerprint density at radius 2 is 2.18 bits per heavy atom. The predicted octanol–water partition coefficient (Wildman–Crippen LogP) is 2.85. The van der Waals surface area contributed by atoms with E-state index in [4.69, 9.17) is 4.74 Å². The SMILES string of the molecule is COC(=O)C1(c2nc(CC(C)C)c(C)s2)CC1. The molecule has 94 valence electrons. The van der Waals surface area contributed by atoms with Gasteiger partial charge in [0.1, 0.15) is 10.4 Å². The zero-order chi connectivity index (χ0) is 12.6. The van der Waals surface area contributed by atoms with Crippen LogP contribution in [0, 0.1) is 12.8 Å². The van der Waals surface area contributed by atoms with Gasteiger partial charge in [-0.2, -0.15) is 0 Å². The normalized spacial score (nSPS) is 17.2. The smallest absolute Gasteiger partial charge is 0.318 e. The van der Waals surface area contributed by atoms with E-state index in [1.165, 1.54) is 12.0 Å². The summed E-state index contributed by atoms with van der Waals surface area (Å²) in [6.07, 6.45) is 2.75. The van der Waals surface area contributed by atoms with Crippen molar-refractivity contribution in [3.05, 3.63) is 15.6 Å². The summed E-state index contributed by atoms with van der Waals surface area (Å²) in [6, 6.07) is 0. The highest BCUT2D eigenvalue weighted by molar-refractivity contribution is 7.12. The van der Waals surface area contributed by atoms with Gasteiger partial charge in [-0.3, -0.25) is 4.79 Å². The van der Waals surface area contributed by atoms with Crippen LogP contribution in [0.4, 0.5) is 0 Å². The third kappa shape index (κ3) is 2.23. The van der Waals surface area contributed by atoms with Gasteiger partial charge in [0.2, 0.25) is 0 Å². The summed E-state index contributed by atoms with van der Waals surface area (Å²) >= 11 is 1.66. The molecule has 0 N–H and O–H groups in total. The molecule has 17 heavy (non-hydrogen) atoms. The molecule has 0 unspecified atom stereocenters. The van der Waals surface area contributed by atoms with Gasteiger partial charge in [-0.15, -0.1) is 11.3 Å². The third-order valence-electron chi connectivity index (χ3n) is 3.23. The number of nitrogens with zero attached hydrogens (tertiary/aromatic N) is 1. The second-order valence-corrected chi connectivity index (χ2v) is 6.40. The first-order valence-corrected chi connectivity index (χ1v) is 6.86. The number of ether oxygens (including phenoxy) is 1. The van der Waals surface area contributed by atoms with Crippen molar-refractivity contribution in [2.24, 2.45) is 5.92 Å². The molecule has 0 amide bonds. The molecule has 1 fully saturated rings. The van der Waals surface area contributed by atoms with E-state index >= 15 is 0 Å². The maximum absolute atomic E-state index is 11.8. The first kappa shape index (κ1) is 12.6. The molecule has 1 saturated carbocycles. The topological polar surface area (TPSA) is 39.2 Å². The van der Waals surface area contributed by atoms with Crippen molar-refractivity contribution in [1.29, 1.82) is 0 Å². The van der Waals surface area contributed by atoms with Gasteiger partial charge in [-0.05, 0) is 32.1 Å². The lowest BCUT2D eigenvalue weighted by Gasteiger charge is -2.08. The van der Waals surface area contributed by atoms with Gasteiger partial charge in [-0.1, -0.05) is 13.8 Å². The molecule has 1 aliphatic rings. The van der Waals surface area contributed by atoms with Crippen molar-refractivity contribution in [3.8, 4) is 0 Å². The Hall–Kier alpha value is -0.900. The minimum absolute atomic E-state index is 0.123. The molecule has 1 aliphatic carbocycles. The Labute approximate surface area is 106 Å². The van der Waals surface area contributed by atoms with Crippen molar-refractivity contribution in [3.63, 3.8) is 0 Å². The van der Waals surface area contributed by atoms with Gasteiger partial charge >= 0.3 is 5.97 Å². The Bertz CT molecular complexity index is 433. The predicted molar refractivity (Wildman–Crippen MR) is 68.3 cm³/mol. The summed E-state index contributed by atoms with van der Waals surface area (Å²) in [5.41, 5.74) is 0.745. The number of carbonyl (C=O) groups is 1. The third-order valence-corrected chi connectivity index (χ3v) is 4.45. The second kappa shape index (κ2) is 4.41. The van der Waals surface area contributed by atoms with Crippen molar-refractivity contribution >= 4 is 17.3 Å². The van der Waals surface area contributed by atoms with Crippen LogP contribution in [0.15, 0.2) is 0 Å². The molecule has 0 radical (unpaired) electrons. The molecule has 1 heterocycles.